The zero-order chi connectivity index (χ0) is 17.2. The standard InChI is InChI=1S/C20H18N2O3/c1-13-4-6-17(21-11-13)14-5-7-18-15(9-14)10-16(25-18)12-22-20(23)19-3-2-8-24-19/h2-9,11,16H,10,12H2,1H3,(H,22,23)/t16-/m0/s1. The van der Waals surface area contributed by atoms with Crippen LogP contribution in [0.1, 0.15) is 21.7 Å². The highest BCUT2D eigenvalue weighted by Gasteiger charge is 2.24. The van der Waals surface area contributed by atoms with E-state index in [1.165, 1.54) is 6.26 Å². The van der Waals surface area contributed by atoms with Crippen molar-refractivity contribution in [3.05, 3.63) is 71.8 Å². The number of furan rings is 1. The first-order chi connectivity index (χ1) is 12.2. The first-order valence-corrected chi connectivity index (χ1v) is 8.23. The molecule has 1 amide bonds. The van der Waals surface area contributed by atoms with E-state index in [4.69, 9.17) is 9.15 Å². The van der Waals surface area contributed by atoms with Crippen molar-refractivity contribution < 1.29 is 13.9 Å². The second-order valence-electron chi connectivity index (χ2n) is 6.17. The number of carbonyl (C=O) groups is 1. The lowest BCUT2D eigenvalue weighted by atomic mass is 10.0. The van der Waals surface area contributed by atoms with E-state index in [9.17, 15) is 4.79 Å². The Bertz CT molecular complexity index is 886. The quantitative estimate of drug-likeness (QED) is 0.794. The lowest BCUT2D eigenvalue weighted by molar-refractivity contribution is 0.0906. The highest BCUT2D eigenvalue weighted by atomic mass is 16.5. The first-order valence-electron chi connectivity index (χ1n) is 8.23. The molecule has 2 aromatic heterocycles. The predicted molar refractivity (Wildman–Crippen MR) is 93.6 cm³/mol. The first kappa shape index (κ1) is 15.4. The van der Waals surface area contributed by atoms with Gasteiger partial charge >= 0.3 is 0 Å². The monoisotopic (exact) mass is 334 g/mol. The van der Waals surface area contributed by atoms with Crippen LogP contribution in [0.2, 0.25) is 0 Å². The lowest BCUT2D eigenvalue weighted by Gasteiger charge is -2.11. The van der Waals surface area contributed by atoms with Crippen molar-refractivity contribution in [2.75, 3.05) is 6.54 Å². The fourth-order valence-corrected chi connectivity index (χ4v) is 2.93. The van der Waals surface area contributed by atoms with E-state index >= 15 is 0 Å². The third kappa shape index (κ3) is 3.26. The van der Waals surface area contributed by atoms with Gasteiger partial charge in [0.15, 0.2) is 5.76 Å². The summed E-state index contributed by atoms with van der Waals surface area (Å²) in [6, 6.07) is 13.5. The van der Waals surface area contributed by atoms with Gasteiger partial charge in [0.2, 0.25) is 0 Å². The number of rotatable bonds is 4. The summed E-state index contributed by atoms with van der Waals surface area (Å²) in [7, 11) is 0. The largest absolute Gasteiger partial charge is 0.488 e. The molecule has 3 heterocycles. The molecule has 1 aliphatic rings. The minimum absolute atomic E-state index is 0.0739. The van der Waals surface area contributed by atoms with Gasteiger partial charge in [0.05, 0.1) is 18.5 Å². The van der Waals surface area contributed by atoms with Crippen molar-refractivity contribution in [1.82, 2.24) is 10.3 Å². The smallest absolute Gasteiger partial charge is 0.287 e. The maximum Gasteiger partial charge on any atom is 0.287 e. The van der Waals surface area contributed by atoms with E-state index in [0.717, 1.165) is 34.6 Å². The molecule has 0 unspecified atom stereocenters. The number of fused-ring (bicyclic) bond motifs is 1. The number of amides is 1. The molecular formula is C20H18N2O3. The van der Waals surface area contributed by atoms with E-state index in [1.54, 1.807) is 12.1 Å². The Balaban J connectivity index is 1.42. The Morgan fingerprint density at radius 2 is 2.20 bits per heavy atom. The molecule has 1 atom stereocenters. The minimum atomic E-state index is -0.228. The normalized spacial score (nSPS) is 15.5. The molecule has 4 rings (SSSR count). The van der Waals surface area contributed by atoms with Crippen molar-refractivity contribution in [3.8, 4) is 17.0 Å². The average Bonchev–Trinajstić information content (AvgIpc) is 3.29. The molecule has 5 heteroatoms. The van der Waals surface area contributed by atoms with Gasteiger partial charge in [-0.05, 0) is 54.4 Å². The van der Waals surface area contributed by atoms with Crippen LogP contribution in [0.5, 0.6) is 5.75 Å². The van der Waals surface area contributed by atoms with E-state index in [-0.39, 0.29) is 12.0 Å². The third-order valence-corrected chi connectivity index (χ3v) is 4.24. The Morgan fingerprint density at radius 1 is 1.28 bits per heavy atom. The highest BCUT2D eigenvalue weighted by Crippen LogP contribution is 2.32. The van der Waals surface area contributed by atoms with Crippen LogP contribution in [0.4, 0.5) is 0 Å². The summed E-state index contributed by atoms with van der Waals surface area (Å²) < 4.78 is 11.0. The molecule has 0 saturated heterocycles. The number of aromatic nitrogens is 1. The molecule has 0 radical (unpaired) electrons. The number of hydrogen-bond acceptors (Lipinski definition) is 4. The Hall–Kier alpha value is -3.08. The van der Waals surface area contributed by atoms with Crippen LogP contribution in [0.3, 0.4) is 0 Å². The molecule has 0 bridgehead atoms. The molecule has 1 aliphatic heterocycles. The van der Waals surface area contributed by atoms with Crippen LogP contribution < -0.4 is 10.1 Å². The maximum absolute atomic E-state index is 11.9. The van der Waals surface area contributed by atoms with E-state index < -0.39 is 0 Å². The average molecular weight is 334 g/mol. The van der Waals surface area contributed by atoms with Crippen molar-refractivity contribution in [2.45, 2.75) is 19.4 Å². The lowest BCUT2D eigenvalue weighted by Crippen LogP contribution is -2.34. The second-order valence-corrected chi connectivity index (χ2v) is 6.17. The SMILES string of the molecule is Cc1ccc(-c2ccc3c(c2)C[C@@H](CNC(=O)c2ccco2)O3)nc1. The van der Waals surface area contributed by atoms with Gasteiger partial charge in [0, 0.05) is 18.2 Å². The molecule has 1 N–H and O–H groups in total. The van der Waals surface area contributed by atoms with Crippen molar-refractivity contribution in [2.24, 2.45) is 0 Å². The molecule has 126 valence electrons. The topological polar surface area (TPSA) is 64.4 Å². The van der Waals surface area contributed by atoms with Gasteiger partial charge < -0.3 is 14.5 Å². The van der Waals surface area contributed by atoms with Crippen molar-refractivity contribution >= 4 is 5.91 Å². The molecule has 25 heavy (non-hydrogen) atoms. The van der Waals surface area contributed by atoms with Gasteiger partial charge in [-0.2, -0.15) is 0 Å². The van der Waals surface area contributed by atoms with Gasteiger partial charge in [-0.15, -0.1) is 0 Å². The number of nitrogens with zero attached hydrogens (tertiary/aromatic N) is 1. The Kier molecular flexibility index (Phi) is 3.98. The second kappa shape index (κ2) is 6.43. The number of benzene rings is 1. The summed E-state index contributed by atoms with van der Waals surface area (Å²) in [5.74, 6) is 0.949. The zero-order valence-electron chi connectivity index (χ0n) is 13.9. The summed E-state index contributed by atoms with van der Waals surface area (Å²) in [5.41, 5.74) is 4.29. The molecule has 3 aromatic rings. The number of pyridine rings is 1. The van der Waals surface area contributed by atoms with Gasteiger partial charge in [-0.3, -0.25) is 9.78 Å². The van der Waals surface area contributed by atoms with Crippen LogP contribution in [0.15, 0.2) is 59.3 Å². The van der Waals surface area contributed by atoms with E-state index in [1.807, 2.05) is 31.3 Å². The molecule has 1 aromatic carbocycles. The van der Waals surface area contributed by atoms with Gasteiger partial charge in [0.1, 0.15) is 11.9 Å². The Labute approximate surface area is 145 Å². The number of aryl methyl sites for hydroxylation is 1. The van der Waals surface area contributed by atoms with Crippen molar-refractivity contribution in [1.29, 1.82) is 0 Å². The number of hydrogen-bond donors (Lipinski definition) is 1. The van der Waals surface area contributed by atoms with Gasteiger partial charge in [-0.25, -0.2) is 0 Å². The predicted octanol–water partition coefficient (Wildman–Crippen LogP) is 3.38. The summed E-state index contributed by atoms with van der Waals surface area (Å²) >= 11 is 0. The molecule has 0 fully saturated rings. The molecular weight excluding hydrogens is 316 g/mol. The van der Waals surface area contributed by atoms with E-state index in [2.05, 4.69) is 22.4 Å². The summed E-state index contributed by atoms with van der Waals surface area (Å²) in [4.78, 5) is 16.4. The maximum atomic E-state index is 11.9. The summed E-state index contributed by atoms with van der Waals surface area (Å²) in [6.45, 7) is 2.46. The number of ether oxygens (including phenoxy) is 1. The van der Waals surface area contributed by atoms with Crippen LogP contribution in [-0.2, 0) is 6.42 Å². The van der Waals surface area contributed by atoms with Gasteiger partial charge in [-0.1, -0.05) is 6.07 Å². The molecule has 0 saturated carbocycles. The van der Waals surface area contributed by atoms with Gasteiger partial charge in [0.25, 0.3) is 5.91 Å². The van der Waals surface area contributed by atoms with Crippen LogP contribution in [0, 0.1) is 6.92 Å². The molecule has 0 aliphatic carbocycles. The summed E-state index contributed by atoms with van der Waals surface area (Å²) in [6.07, 6.45) is 4.03. The van der Waals surface area contributed by atoms with Crippen LogP contribution in [-0.4, -0.2) is 23.5 Å². The number of nitrogens with one attached hydrogen (secondary N) is 1. The van der Waals surface area contributed by atoms with E-state index in [0.29, 0.717) is 12.3 Å². The fraction of sp³-hybridized carbons (Fsp3) is 0.200. The van der Waals surface area contributed by atoms with Crippen LogP contribution >= 0.6 is 0 Å². The minimum Gasteiger partial charge on any atom is -0.488 e. The highest BCUT2D eigenvalue weighted by molar-refractivity contribution is 5.91. The molecule has 0 spiro atoms. The Morgan fingerprint density at radius 3 is 2.96 bits per heavy atom. The fourth-order valence-electron chi connectivity index (χ4n) is 2.93. The van der Waals surface area contributed by atoms with Crippen molar-refractivity contribution in [3.63, 3.8) is 0 Å². The number of carbonyl (C=O) groups excluding carboxylic acids is 1. The summed E-state index contributed by atoms with van der Waals surface area (Å²) in [5, 5.41) is 2.84. The molecule has 5 nitrogen and oxygen atoms in total. The zero-order valence-corrected chi connectivity index (χ0v) is 13.9. The third-order valence-electron chi connectivity index (χ3n) is 4.24. The van der Waals surface area contributed by atoms with Crippen LogP contribution in [0.25, 0.3) is 11.3 Å².